The van der Waals surface area contributed by atoms with Crippen LogP contribution in [0, 0.1) is 10.1 Å². The quantitative estimate of drug-likeness (QED) is 0.235. The summed E-state index contributed by atoms with van der Waals surface area (Å²) in [4.78, 5) is 24.8. The normalized spacial score (nSPS) is 13.2. The molecule has 1 heterocycles. The van der Waals surface area contributed by atoms with Crippen molar-refractivity contribution in [3.8, 4) is 0 Å². The fraction of sp³-hybridized carbons (Fsp3) is 0. The van der Waals surface area contributed by atoms with Crippen LogP contribution in [0.1, 0.15) is 15.9 Å². The minimum absolute atomic E-state index is 0.0548. The molecule has 3 aromatic carbocycles. The average Bonchev–Trinajstić information content (AvgIpc) is 2.78. The van der Waals surface area contributed by atoms with E-state index in [1.807, 2.05) is 73.1 Å². The number of allylic oxidation sites excluding steroid dienone is 4. The molecule has 0 aliphatic carbocycles. The van der Waals surface area contributed by atoms with Gasteiger partial charge in [0.15, 0.2) is 5.78 Å². The van der Waals surface area contributed by atoms with Gasteiger partial charge >= 0.3 is 0 Å². The van der Waals surface area contributed by atoms with Gasteiger partial charge in [0.25, 0.3) is 5.69 Å². The van der Waals surface area contributed by atoms with Crippen LogP contribution in [0.25, 0.3) is 16.8 Å². The maximum atomic E-state index is 12.7. The number of fused-ring (bicyclic) bond motifs is 1. The van der Waals surface area contributed by atoms with Crippen molar-refractivity contribution in [2.45, 2.75) is 0 Å². The van der Waals surface area contributed by atoms with E-state index in [0.29, 0.717) is 5.56 Å². The topological polar surface area (TPSA) is 63.5 Å². The summed E-state index contributed by atoms with van der Waals surface area (Å²) < 4.78 is 0. The van der Waals surface area contributed by atoms with Crippen LogP contribution in [-0.2, 0) is 0 Å². The second-order valence-electron chi connectivity index (χ2n) is 6.78. The van der Waals surface area contributed by atoms with Gasteiger partial charge in [-0.1, -0.05) is 42.5 Å². The molecule has 5 nitrogen and oxygen atoms in total. The standard InChI is InChI=1S/C25H18N2O3/c28-25(24-7-3-5-21-4-1-2-6-23(21)24)14-17-26-15-12-20(13-16-26)18-19-8-10-22(11-9-19)27(29)30/h1-18H/b17-14+. The minimum atomic E-state index is -0.416. The Hall–Kier alpha value is -4.25. The molecule has 5 heteroatoms. The molecule has 3 aromatic rings. The third-order valence-corrected chi connectivity index (χ3v) is 4.77. The Balaban J connectivity index is 1.44. The smallest absolute Gasteiger partial charge is 0.269 e. The highest BCUT2D eigenvalue weighted by atomic mass is 16.6. The summed E-state index contributed by atoms with van der Waals surface area (Å²) in [6.07, 6.45) is 12.7. The summed E-state index contributed by atoms with van der Waals surface area (Å²) >= 11 is 0. The fourth-order valence-electron chi connectivity index (χ4n) is 3.21. The second-order valence-corrected chi connectivity index (χ2v) is 6.78. The molecule has 0 atom stereocenters. The molecular weight excluding hydrogens is 376 g/mol. The van der Waals surface area contributed by atoms with E-state index in [0.717, 1.165) is 21.9 Å². The van der Waals surface area contributed by atoms with Crippen LogP contribution < -0.4 is 0 Å². The number of benzene rings is 3. The SMILES string of the molecule is O=C(/C=C/N1C=CC(=Cc2ccc([N+](=O)[O-])cc2)C=C1)c1cccc2ccccc12. The summed E-state index contributed by atoms with van der Waals surface area (Å²) in [5.74, 6) is -0.0548. The Morgan fingerprint density at radius 2 is 1.60 bits per heavy atom. The number of nitro groups is 1. The zero-order chi connectivity index (χ0) is 20.9. The van der Waals surface area contributed by atoms with E-state index in [1.54, 1.807) is 29.3 Å². The van der Waals surface area contributed by atoms with Crippen molar-refractivity contribution in [3.05, 3.63) is 130 Å². The molecule has 0 saturated heterocycles. The highest BCUT2D eigenvalue weighted by molar-refractivity contribution is 6.13. The highest BCUT2D eigenvalue weighted by Crippen LogP contribution is 2.20. The van der Waals surface area contributed by atoms with Gasteiger partial charge in [-0.3, -0.25) is 14.9 Å². The van der Waals surface area contributed by atoms with Crippen molar-refractivity contribution in [3.63, 3.8) is 0 Å². The lowest BCUT2D eigenvalue weighted by molar-refractivity contribution is -0.384. The molecular formula is C25H18N2O3. The number of nitro benzene ring substituents is 1. The summed E-state index contributed by atoms with van der Waals surface area (Å²) in [5, 5.41) is 12.7. The molecule has 0 unspecified atom stereocenters. The van der Waals surface area contributed by atoms with Crippen molar-refractivity contribution >= 4 is 28.3 Å². The predicted molar refractivity (Wildman–Crippen MR) is 119 cm³/mol. The van der Waals surface area contributed by atoms with Gasteiger partial charge in [0, 0.05) is 42.4 Å². The molecule has 0 radical (unpaired) electrons. The molecule has 0 N–H and O–H groups in total. The molecule has 0 fully saturated rings. The Kier molecular flexibility index (Phi) is 5.35. The van der Waals surface area contributed by atoms with Crippen molar-refractivity contribution < 1.29 is 9.72 Å². The van der Waals surface area contributed by atoms with Crippen LogP contribution in [0.2, 0.25) is 0 Å². The van der Waals surface area contributed by atoms with Gasteiger partial charge in [0.05, 0.1) is 4.92 Å². The maximum Gasteiger partial charge on any atom is 0.269 e. The minimum Gasteiger partial charge on any atom is -0.330 e. The molecule has 0 bridgehead atoms. The van der Waals surface area contributed by atoms with E-state index in [-0.39, 0.29) is 11.5 Å². The lowest BCUT2D eigenvalue weighted by Crippen LogP contribution is -2.05. The van der Waals surface area contributed by atoms with Gasteiger partial charge in [0.2, 0.25) is 0 Å². The largest absolute Gasteiger partial charge is 0.330 e. The predicted octanol–water partition coefficient (Wildman–Crippen LogP) is 5.87. The van der Waals surface area contributed by atoms with Crippen LogP contribution in [0.5, 0.6) is 0 Å². The van der Waals surface area contributed by atoms with E-state index in [1.165, 1.54) is 12.1 Å². The van der Waals surface area contributed by atoms with Crippen molar-refractivity contribution in [1.82, 2.24) is 4.90 Å². The lowest BCUT2D eigenvalue weighted by Gasteiger charge is -2.14. The van der Waals surface area contributed by atoms with Gasteiger partial charge in [-0.2, -0.15) is 0 Å². The highest BCUT2D eigenvalue weighted by Gasteiger charge is 2.07. The second kappa shape index (κ2) is 8.41. The molecule has 146 valence electrons. The van der Waals surface area contributed by atoms with E-state index < -0.39 is 4.92 Å². The van der Waals surface area contributed by atoms with Gasteiger partial charge in [-0.25, -0.2) is 0 Å². The first-order valence-electron chi connectivity index (χ1n) is 9.40. The zero-order valence-corrected chi connectivity index (χ0v) is 16.0. The average molecular weight is 394 g/mol. The van der Waals surface area contributed by atoms with Gasteiger partial charge in [-0.05, 0) is 52.3 Å². The van der Waals surface area contributed by atoms with Crippen molar-refractivity contribution in [2.24, 2.45) is 0 Å². The van der Waals surface area contributed by atoms with Gasteiger partial charge < -0.3 is 4.90 Å². The van der Waals surface area contributed by atoms with E-state index in [4.69, 9.17) is 0 Å². The Morgan fingerprint density at radius 1 is 0.900 bits per heavy atom. The van der Waals surface area contributed by atoms with Crippen LogP contribution in [0.4, 0.5) is 5.69 Å². The molecule has 0 aromatic heterocycles. The Labute approximate surface area is 173 Å². The number of non-ortho nitro benzene ring substituents is 1. The fourth-order valence-corrected chi connectivity index (χ4v) is 3.21. The van der Waals surface area contributed by atoms with Crippen LogP contribution in [0.15, 0.2) is 109 Å². The molecule has 0 amide bonds. The van der Waals surface area contributed by atoms with Crippen molar-refractivity contribution in [2.75, 3.05) is 0 Å². The number of hydrogen-bond acceptors (Lipinski definition) is 4. The number of carbonyl (C=O) groups is 1. The Morgan fingerprint density at radius 3 is 2.33 bits per heavy atom. The van der Waals surface area contributed by atoms with E-state index in [9.17, 15) is 14.9 Å². The molecule has 1 aliphatic heterocycles. The molecule has 0 spiro atoms. The van der Waals surface area contributed by atoms with E-state index in [2.05, 4.69) is 0 Å². The van der Waals surface area contributed by atoms with Crippen LogP contribution in [0.3, 0.4) is 0 Å². The first kappa shape index (κ1) is 19.1. The van der Waals surface area contributed by atoms with Gasteiger partial charge in [-0.15, -0.1) is 0 Å². The third-order valence-electron chi connectivity index (χ3n) is 4.77. The van der Waals surface area contributed by atoms with Crippen LogP contribution in [-0.4, -0.2) is 15.6 Å². The monoisotopic (exact) mass is 394 g/mol. The summed E-state index contributed by atoms with van der Waals surface area (Å²) in [6, 6.07) is 19.9. The first-order chi connectivity index (χ1) is 14.6. The number of hydrogen-bond donors (Lipinski definition) is 0. The lowest BCUT2D eigenvalue weighted by atomic mass is 10.0. The number of ketones is 1. The molecule has 0 saturated carbocycles. The summed E-state index contributed by atoms with van der Waals surface area (Å²) in [6.45, 7) is 0. The van der Waals surface area contributed by atoms with E-state index >= 15 is 0 Å². The number of rotatable bonds is 5. The molecule has 4 rings (SSSR count). The first-order valence-corrected chi connectivity index (χ1v) is 9.40. The number of carbonyl (C=O) groups excluding carboxylic acids is 1. The third kappa shape index (κ3) is 4.25. The number of nitrogens with zero attached hydrogens (tertiary/aromatic N) is 2. The molecule has 30 heavy (non-hydrogen) atoms. The maximum absolute atomic E-state index is 12.7. The molecule has 1 aliphatic rings. The van der Waals surface area contributed by atoms with Gasteiger partial charge in [0.1, 0.15) is 0 Å². The summed E-state index contributed by atoms with van der Waals surface area (Å²) in [5.41, 5.74) is 2.57. The zero-order valence-electron chi connectivity index (χ0n) is 16.0. The Bertz CT molecular complexity index is 1210. The van der Waals surface area contributed by atoms with Crippen LogP contribution >= 0.6 is 0 Å². The van der Waals surface area contributed by atoms with Crippen molar-refractivity contribution in [1.29, 1.82) is 0 Å². The summed E-state index contributed by atoms with van der Waals surface area (Å²) in [7, 11) is 0.